The highest BCUT2D eigenvalue weighted by Crippen LogP contribution is 2.01. The molecule has 0 fully saturated rings. The molecular formula is C10H9ClN4. The zero-order valence-electron chi connectivity index (χ0n) is 7.89. The Balaban J connectivity index is 2.32. The number of pyridine rings is 1. The highest BCUT2D eigenvalue weighted by molar-refractivity contribution is 6.29. The van der Waals surface area contributed by atoms with Crippen molar-refractivity contribution in [2.75, 3.05) is 0 Å². The summed E-state index contributed by atoms with van der Waals surface area (Å²) >= 11 is 5.75. The zero-order chi connectivity index (χ0) is 10.7. The second-order valence-corrected chi connectivity index (χ2v) is 3.45. The lowest BCUT2D eigenvalue weighted by atomic mass is 10.3. The lowest BCUT2D eigenvalue weighted by molar-refractivity contribution is 0.618. The van der Waals surface area contributed by atoms with Crippen molar-refractivity contribution in [2.24, 2.45) is 0 Å². The molecule has 76 valence electrons. The summed E-state index contributed by atoms with van der Waals surface area (Å²) in [7, 11) is 0. The third-order valence-electron chi connectivity index (χ3n) is 1.93. The predicted octanol–water partition coefficient (Wildman–Crippen LogP) is 1.46. The van der Waals surface area contributed by atoms with Gasteiger partial charge < -0.3 is 0 Å². The quantitative estimate of drug-likeness (QED) is 0.833. The summed E-state index contributed by atoms with van der Waals surface area (Å²) in [6, 6.07) is 7.00. The van der Waals surface area contributed by atoms with Crippen LogP contribution in [0, 0.1) is 5.41 Å². The molecule has 2 aromatic rings. The number of hydrogen-bond donors (Lipinski definition) is 1. The van der Waals surface area contributed by atoms with Crippen LogP contribution >= 0.6 is 11.6 Å². The molecule has 2 rings (SSSR count). The normalized spacial score (nSPS) is 10.2. The molecule has 0 amide bonds. The lowest BCUT2D eigenvalue weighted by Crippen LogP contribution is -2.22. The third kappa shape index (κ3) is 2.41. The Hall–Kier alpha value is -1.68. The third-order valence-corrected chi connectivity index (χ3v) is 2.13. The topological polar surface area (TPSA) is 54.6 Å². The van der Waals surface area contributed by atoms with Gasteiger partial charge in [-0.25, -0.2) is 4.68 Å². The van der Waals surface area contributed by atoms with E-state index >= 15 is 0 Å². The van der Waals surface area contributed by atoms with Gasteiger partial charge >= 0.3 is 0 Å². The smallest absolute Gasteiger partial charge is 0.149 e. The van der Waals surface area contributed by atoms with Crippen molar-refractivity contribution in [1.82, 2.24) is 14.8 Å². The summed E-state index contributed by atoms with van der Waals surface area (Å²) in [6.07, 6.45) is 3.45. The fraction of sp³-hybridized carbons (Fsp3) is 0.100. The Labute approximate surface area is 91.7 Å². The summed E-state index contributed by atoms with van der Waals surface area (Å²) in [5.74, 6) is 0. The van der Waals surface area contributed by atoms with E-state index in [0.717, 1.165) is 5.56 Å². The number of hydrogen-bond acceptors (Lipinski definition) is 3. The van der Waals surface area contributed by atoms with Crippen LogP contribution in [0.3, 0.4) is 0 Å². The summed E-state index contributed by atoms with van der Waals surface area (Å²) in [6.45, 7) is 0.507. The number of aromatic nitrogens is 3. The zero-order valence-corrected chi connectivity index (χ0v) is 8.65. The Kier molecular flexibility index (Phi) is 2.78. The maximum absolute atomic E-state index is 7.64. The monoisotopic (exact) mass is 220 g/mol. The average molecular weight is 221 g/mol. The first-order valence-electron chi connectivity index (χ1n) is 4.43. The Morgan fingerprint density at radius 2 is 2.20 bits per heavy atom. The fourth-order valence-corrected chi connectivity index (χ4v) is 1.38. The van der Waals surface area contributed by atoms with E-state index < -0.39 is 0 Å². The predicted molar refractivity (Wildman–Crippen MR) is 56.4 cm³/mol. The van der Waals surface area contributed by atoms with Crippen molar-refractivity contribution < 1.29 is 0 Å². The fourth-order valence-electron chi connectivity index (χ4n) is 1.22. The lowest BCUT2D eigenvalue weighted by Gasteiger charge is -2.04. The van der Waals surface area contributed by atoms with Crippen LogP contribution in [0.4, 0.5) is 0 Å². The highest BCUT2D eigenvalue weighted by Gasteiger charge is 1.97. The molecule has 0 spiro atoms. The van der Waals surface area contributed by atoms with Gasteiger partial charge in [0.1, 0.15) is 10.6 Å². The second-order valence-electron chi connectivity index (χ2n) is 3.06. The summed E-state index contributed by atoms with van der Waals surface area (Å²) < 4.78 is 1.53. The van der Waals surface area contributed by atoms with E-state index in [4.69, 9.17) is 17.0 Å². The summed E-state index contributed by atoms with van der Waals surface area (Å²) in [5, 5.41) is 12.1. The average Bonchev–Trinajstić information content (AvgIpc) is 2.25. The second kappa shape index (κ2) is 4.23. The van der Waals surface area contributed by atoms with Gasteiger partial charge in [0.2, 0.25) is 0 Å². The van der Waals surface area contributed by atoms with E-state index in [1.165, 1.54) is 4.68 Å². The Morgan fingerprint density at radius 1 is 1.33 bits per heavy atom. The van der Waals surface area contributed by atoms with Crippen molar-refractivity contribution in [3.05, 3.63) is 52.9 Å². The first-order chi connectivity index (χ1) is 7.25. The first kappa shape index (κ1) is 9.86. The number of nitrogens with zero attached hydrogens (tertiary/aromatic N) is 3. The first-order valence-corrected chi connectivity index (χ1v) is 4.81. The van der Waals surface area contributed by atoms with Crippen LogP contribution in [0.2, 0.25) is 5.15 Å². The van der Waals surface area contributed by atoms with Gasteiger partial charge in [-0.2, -0.15) is 5.10 Å². The largest absolute Gasteiger partial charge is 0.283 e. The molecule has 4 nitrogen and oxygen atoms in total. The van der Waals surface area contributed by atoms with E-state index in [0.29, 0.717) is 17.2 Å². The molecule has 0 aromatic carbocycles. The van der Waals surface area contributed by atoms with Crippen LogP contribution in [-0.2, 0) is 6.54 Å². The molecule has 0 saturated heterocycles. The van der Waals surface area contributed by atoms with Gasteiger partial charge in [0.25, 0.3) is 0 Å². The Bertz CT molecular complexity index is 506. The molecule has 2 heterocycles. The van der Waals surface area contributed by atoms with E-state index in [1.807, 2.05) is 12.1 Å². The van der Waals surface area contributed by atoms with Crippen molar-refractivity contribution in [2.45, 2.75) is 6.54 Å². The van der Waals surface area contributed by atoms with E-state index in [-0.39, 0.29) is 0 Å². The molecule has 2 aromatic heterocycles. The number of nitrogens with one attached hydrogen (secondary N) is 1. The van der Waals surface area contributed by atoms with Crippen LogP contribution in [0.25, 0.3) is 0 Å². The molecule has 15 heavy (non-hydrogen) atoms. The molecule has 0 bridgehead atoms. The number of rotatable bonds is 2. The van der Waals surface area contributed by atoms with Crippen LogP contribution in [0.5, 0.6) is 0 Å². The molecule has 0 aliphatic heterocycles. The van der Waals surface area contributed by atoms with Gasteiger partial charge in [-0.05, 0) is 23.8 Å². The van der Waals surface area contributed by atoms with Crippen LogP contribution in [-0.4, -0.2) is 14.8 Å². The molecular weight excluding hydrogens is 212 g/mol. The molecule has 0 aliphatic rings. The van der Waals surface area contributed by atoms with E-state index in [2.05, 4.69) is 10.1 Å². The molecule has 0 atom stereocenters. The van der Waals surface area contributed by atoms with Crippen LogP contribution in [0.1, 0.15) is 5.56 Å². The van der Waals surface area contributed by atoms with Gasteiger partial charge in [-0.3, -0.25) is 10.4 Å². The highest BCUT2D eigenvalue weighted by atomic mass is 35.5. The van der Waals surface area contributed by atoms with E-state index in [9.17, 15) is 0 Å². The van der Waals surface area contributed by atoms with Gasteiger partial charge in [0.15, 0.2) is 0 Å². The summed E-state index contributed by atoms with van der Waals surface area (Å²) in [5.41, 5.74) is 1.31. The van der Waals surface area contributed by atoms with Gasteiger partial charge in [-0.15, -0.1) is 0 Å². The van der Waals surface area contributed by atoms with Crippen molar-refractivity contribution >= 4 is 11.6 Å². The molecule has 0 aliphatic carbocycles. The maximum atomic E-state index is 7.64. The van der Waals surface area contributed by atoms with Crippen molar-refractivity contribution in [3.63, 3.8) is 0 Å². The number of halogens is 1. The molecule has 5 heteroatoms. The Morgan fingerprint density at radius 3 is 2.93 bits per heavy atom. The van der Waals surface area contributed by atoms with Crippen molar-refractivity contribution in [3.8, 4) is 0 Å². The van der Waals surface area contributed by atoms with Gasteiger partial charge in [-0.1, -0.05) is 17.7 Å². The molecule has 0 radical (unpaired) electrons. The van der Waals surface area contributed by atoms with Crippen LogP contribution in [0.15, 0.2) is 36.7 Å². The molecule has 1 N–H and O–H groups in total. The molecule has 0 saturated carbocycles. The minimum atomic E-state index is 0.322. The van der Waals surface area contributed by atoms with E-state index in [1.54, 1.807) is 24.5 Å². The summed E-state index contributed by atoms with van der Waals surface area (Å²) in [4.78, 5) is 4.00. The minimum Gasteiger partial charge on any atom is -0.283 e. The molecule has 0 unspecified atom stereocenters. The van der Waals surface area contributed by atoms with Gasteiger partial charge in [0, 0.05) is 12.4 Å². The minimum absolute atomic E-state index is 0.322. The SMILES string of the molecule is N=c1ccc(Cl)nn1Cc1cccnc1. The maximum Gasteiger partial charge on any atom is 0.149 e. The van der Waals surface area contributed by atoms with Crippen LogP contribution < -0.4 is 5.49 Å². The van der Waals surface area contributed by atoms with Crippen molar-refractivity contribution in [1.29, 1.82) is 5.41 Å². The standard InChI is InChI=1S/C10H9ClN4/c11-9-3-4-10(12)15(14-9)7-8-2-1-5-13-6-8/h1-6,12H,7H2. The van der Waals surface area contributed by atoms with Gasteiger partial charge in [0.05, 0.1) is 6.54 Å².